The Labute approximate surface area is 169 Å². The summed E-state index contributed by atoms with van der Waals surface area (Å²) in [5.41, 5.74) is 8.07. The van der Waals surface area contributed by atoms with Gasteiger partial charge in [0.15, 0.2) is 5.96 Å². The first-order valence-corrected chi connectivity index (χ1v) is 10.6. The zero-order valence-corrected chi connectivity index (χ0v) is 17.4. The van der Waals surface area contributed by atoms with Crippen molar-refractivity contribution in [1.82, 2.24) is 15.1 Å². The van der Waals surface area contributed by atoms with Crippen molar-refractivity contribution >= 4 is 11.9 Å². The van der Waals surface area contributed by atoms with Crippen LogP contribution in [-0.2, 0) is 4.79 Å². The molecule has 1 aromatic carbocycles. The van der Waals surface area contributed by atoms with Gasteiger partial charge in [-0.2, -0.15) is 0 Å². The molecule has 2 atom stereocenters. The summed E-state index contributed by atoms with van der Waals surface area (Å²) in [4.78, 5) is 20.7. The van der Waals surface area contributed by atoms with Gasteiger partial charge in [-0.25, -0.2) is 0 Å². The maximum absolute atomic E-state index is 11.3. The molecule has 2 fully saturated rings. The van der Waals surface area contributed by atoms with Crippen molar-refractivity contribution in [3.63, 3.8) is 0 Å². The molecular weight excluding hydrogens is 350 g/mol. The lowest BCUT2D eigenvalue weighted by atomic mass is 9.95. The molecular formula is C22H35N5O. The fraction of sp³-hybridized carbons (Fsp3) is 0.636. The Morgan fingerprint density at radius 1 is 1.21 bits per heavy atom. The predicted molar refractivity (Wildman–Crippen MR) is 114 cm³/mol. The number of rotatable bonds is 6. The number of carbonyl (C=O) groups is 1. The number of likely N-dealkylation sites (tertiary alicyclic amines) is 2. The van der Waals surface area contributed by atoms with Crippen LogP contribution in [0.4, 0.5) is 0 Å². The minimum atomic E-state index is -0.205. The number of amides is 1. The first kappa shape index (κ1) is 20.6. The fourth-order valence-electron chi connectivity index (χ4n) is 4.53. The van der Waals surface area contributed by atoms with Gasteiger partial charge in [-0.15, -0.1) is 0 Å². The Morgan fingerprint density at radius 3 is 2.57 bits per heavy atom. The van der Waals surface area contributed by atoms with Gasteiger partial charge in [0.25, 0.3) is 0 Å². The number of piperidine rings is 1. The van der Waals surface area contributed by atoms with Gasteiger partial charge < -0.3 is 16.0 Å². The summed E-state index contributed by atoms with van der Waals surface area (Å²) in [6, 6.07) is 9.27. The first-order chi connectivity index (χ1) is 13.6. The predicted octanol–water partition coefficient (Wildman–Crippen LogP) is 2.29. The Kier molecular flexibility index (Phi) is 7.31. The van der Waals surface area contributed by atoms with Gasteiger partial charge in [-0.05, 0) is 57.2 Å². The van der Waals surface area contributed by atoms with Crippen LogP contribution in [0.3, 0.4) is 0 Å². The summed E-state index contributed by atoms with van der Waals surface area (Å²) in [7, 11) is 1.84. The second-order valence-electron chi connectivity index (χ2n) is 8.22. The summed E-state index contributed by atoms with van der Waals surface area (Å²) in [6.45, 7) is 7.11. The highest BCUT2D eigenvalue weighted by Gasteiger charge is 2.26. The van der Waals surface area contributed by atoms with Crippen LogP contribution < -0.4 is 11.1 Å². The molecule has 2 aliphatic heterocycles. The van der Waals surface area contributed by atoms with Crippen LogP contribution in [0, 0.1) is 12.8 Å². The molecule has 154 valence electrons. The number of aliphatic imine (C=N–C) groups is 1. The third-order valence-corrected chi connectivity index (χ3v) is 6.02. The Bertz CT molecular complexity index is 666. The normalized spacial score (nSPS) is 22.3. The van der Waals surface area contributed by atoms with Crippen LogP contribution in [0.5, 0.6) is 0 Å². The molecule has 3 N–H and O–H groups in total. The second-order valence-corrected chi connectivity index (χ2v) is 8.22. The van der Waals surface area contributed by atoms with E-state index < -0.39 is 0 Å². The maximum Gasteiger partial charge on any atom is 0.217 e. The lowest BCUT2D eigenvalue weighted by Gasteiger charge is -2.36. The van der Waals surface area contributed by atoms with Gasteiger partial charge in [0, 0.05) is 33.1 Å². The van der Waals surface area contributed by atoms with Gasteiger partial charge >= 0.3 is 0 Å². The van der Waals surface area contributed by atoms with E-state index in [-0.39, 0.29) is 5.91 Å². The molecule has 2 aliphatic rings. The SMILES string of the molecule is CN=C(NCC(c1ccc(C)cc1)N1CCCC1)N1CCCC(CC(N)=O)C1. The van der Waals surface area contributed by atoms with E-state index in [1.54, 1.807) is 0 Å². The lowest BCUT2D eigenvalue weighted by Crippen LogP contribution is -2.49. The molecule has 6 heteroatoms. The number of aryl methyl sites for hydroxylation is 1. The topological polar surface area (TPSA) is 74.0 Å². The number of guanidine groups is 1. The van der Waals surface area contributed by atoms with Crippen molar-refractivity contribution < 1.29 is 4.79 Å². The third-order valence-electron chi connectivity index (χ3n) is 6.02. The highest BCUT2D eigenvalue weighted by atomic mass is 16.1. The van der Waals surface area contributed by atoms with E-state index >= 15 is 0 Å². The van der Waals surface area contributed by atoms with E-state index in [4.69, 9.17) is 5.73 Å². The molecule has 2 saturated heterocycles. The van der Waals surface area contributed by atoms with Gasteiger partial charge in [0.1, 0.15) is 0 Å². The number of nitrogens with two attached hydrogens (primary N) is 1. The van der Waals surface area contributed by atoms with Crippen molar-refractivity contribution in [2.75, 3.05) is 39.8 Å². The van der Waals surface area contributed by atoms with Crippen LogP contribution in [0.25, 0.3) is 0 Å². The lowest BCUT2D eigenvalue weighted by molar-refractivity contribution is -0.119. The van der Waals surface area contributed by atoms with Crippen LogP contribution in [0.1, 0.15) is 49.3 Å². The molecule has 0 spiro atoms. The maximum atomic E-state index is 11.3. The number of hydrogen-bond donors (Lipinski definition) is 2. The summed E-state index contributed by atoms with van der Waals surface area (Å²) in [5, 5.41) is 3.62. The number of nitrogens with one attached hydrogen (secondary N) is 1. The molecule has 2 unspecified atom stereocenters. The van der Waals surface area contributed by atoms with E-state index in [1.807, 2.05) is 7.05 Å². The largest absolute Gasteiger partial charge is 0.370 e. The van der Waals surface area contributed by atoms with Crippen LogP contribution in [0.15, 0.2) is 29.3 Å². The number of primary amides is 1. The number of benzene rings is 1. The van der Waals surface area contributed by atoms with Crippen molar-refractivity contribution in [1.29, 1.82) is 0 Å². The third kappa shape index (κ3) is 5.47. The minimum Gasteiger partial charge on any atom is -0.370 e. The van der Waals surface area contributed by atoms with Gasteiger partial charge in [0.2, 0.25) is 5.91 Å². The number of hydrogen-bond acceptors (Lipinski definition) is 3. The highest BCUT2D eigenvalue weighted by Crippen LogP contribution is 2.25. The van der Waals surface area contributed by atoms with Gasteiger partial charge in [-0.3, -0.25) is 14.7 Å². The monoisotopic (exact) mass is 385 g/mol. The molecule has 0 aliphatic carbocycles. The quantitative estimate of drug-likeness (QED) is 0.582. The molecule has 3 rings (SSSR count). The highest BCUT2D eigenvalue weighted by molar-refractivity contribution is 5.80. The Balaban J connectivity index is 1.65. The summed E-state index contributed by atoms with van der Waals surface area (Å²) >= 11 is 0. The van der Waals surface area contributed by atoms with Crippen molar-refractivity contribution in [2.24, 2.45) is 16.6 Å². The van der Waals surface area contributed by atoms with E-state index in [0.29, 0.717) is 18.4 Å². The zero-order chi connectivity index (χ0) is 19.9. The average molecular weight is 386 g/mol. The molecule has 0 saturated carbocycles. The molecule has 0 bridgehead atoms. The van der Waals surface area contributed by atoms with E-state index in [2.05, 4.69) is 51.3 Å². The summed E-state index contributed by atoms with van der Waals surface area (Å²) in [5.74, 6) is 1.06. The average Bonchev–Trinajstić information content (AvgIpc) is 3.20. The molecule has 0 aromatic heterocycles. The molecule has 0 radical (unpaired) electrons. The first-order valence-electron chi connectivity index (χ1n) is 10.6. The summed E-state index contributed by atoms with van der Waals surface area (Å²) in [6.07, 6.45) is 5.16. The van der Waals surface area contributed by atoms with Crippen LogP contribution in [0.2, 0.25) is 0 Å². The smallest absolute Gasteiger partial charge is 0.217 e. The molecule has 1 amide bonds. The zero-order valence-electron chi connectivity index (χ0n) is 17.4. The van der Waals surface area contributed by atoms with Crippen molar-refractivity contribution in [2.45, 2.75) is 45.1 Å². The molecule has 1 aromatic rings. The minimum absolute atomic E-state index is 0.205. The van der Waals surface area contributed by atoms with Gasteiger partial charge in [0.05, 0.1) is 6.04 Å². The molecule has 6 nitrogen and oxygen atoms in total. The standard InChI is InChI=1S/C22H35N5O/c1-17-7-9-19(10-8-17)20(26-11-3-4-12-26)15-25-22(24-2)27-13-5-6-18(16-27)14-21(23)28/h7-10,18,20H,3-6,11-16H2,1-2H3,(H2,23,28)(H,24,25). The molecule has 28 heavy (non-hydrogen) atoms. The van der Waals surface area contributed by atoms with E-state index in [1.165, 1.54) is 24.0 Å². The molecule has 2 heterocycles. The van der Waals surface area contributed by atoms with E-state index in [0.717, 1.165) is 51.5 Å². The number of nitrogens with zero attached hydrogens (tertiary/aromatic N) is 3. The van der Waals surface area contributed by atoms with Crippen molar-refractivity contribution in [3.05, 3.63) is 35.4 Å². The van der Waals surface area contributed by atoms with Crippen LogP contribution >= 0.6 is 0 Å². The number of carbonyl (C=O) groups excluding carboxylic acids is 1. The Morgan fingerprint density at radius 2 is 1.93 bits per heavy atom. The summed E-state index contributed by atoms with van der Waals surface area (Å²) < 4.78 is 0. The Hall–Kier alpha value is -2.08. The fourth-order valence-corrected chi connectivity index (χ4v) is 4.53. The second kappa shape index (κ2) is 9.92. The van der Waals surface area contributed by atoms with Gasteiger partial charge in [-0.1, -0.05) is 29.8 Å². The van der Waals surface area contributed by atoms with Crippen molar-refractivity contribution in [3.8, 4) is 0 Å². The van der Waals surface area contributed by atoms with E-state index in [9.17, 15) is 4.79 Å². The van der Waals surface area contributed by atoms with Crippen LogP contribution in [-0.4, -0.2) is 61.4 Å².